The van der Waals surface area contributed by atoms with E-state index in [0.29, 0.717) is 23.0 Å². The summed E-state index contributed by atoms with van der Waals surface area (Å²) in [5, 5.41) is 12.1. The standard InChI is InChI=1S/C11H14ClNO3/c1-7-5-8(12)6-9(11(7)16-2)13-4-3-10(14)15/h5-6,13H,3-4H2,1-2H3,(H,14,15). The third-order valence-corrected chi connectivity index (χ3v) is 2.32. The molecule has 0 unspecified atom stereocenters. The van der Waals surface area contributed by atoms with Crippen molar-refractivity contribution in [3.63, 3.8) is 0 Å². The predicted octanol–water partition coefficient (Wildman–Crippen LogP) is 2.54. The number of aryl methyl sites for hydroxylation is 1. The Morgan fingerprint density at radius 3 is 2.81 bits per heavy atom. The number of anilines is 1. The van der Waals surface area contributed by atoms with E-state index in [9.17, 15) is 4.79 Å². The van der Waals surface area contributed by atoms with Crippen molar-refractivity contribution in [1.29, 1.82) is 0 Å². The largest absolute Gasteiger partial charge is 0.494 e. The summed E-state index contributed by atoms with van der Waals surface area (Å²) >= 11 is 5.91. The van der Waals surface area contributed by atoms with Crippen LogP contribution in [-0.2, 0) is 4.79 Å². The minimum Gasteiger partial charge on any atom is -0.494 e. The molecule has 0 aromatic heterocycles. The fourth-order valence-electron chi connectivity index (χ4n) is 1.44. The number of aliphatic carboxylic acids is 1. The predicted molar refractivity (Wildman–Crippen MR) is 63.5 cm³/mol. The second-order valence-electron chi connectivity index (χ2n) is 3.37. The van der Waals surface area contributed by atoms with E-state index >= 15 is 0 Å². The fourth-order valence-corrected chi connectivity index (χ4v) is 1.71. The van der Waals surface area contributed by atoms with E-state index < -0.39 is 5.97 Å². The maximum atomic E-state index is 10.4. The fraction of sp³-hybridized carbons (Fsp3) is 0.364. The lowest BCUT2D eigenvalue weighted by Crippen LogP contribution is -2.08. The first-order valence-electron chi connectivity index (χ1n) is 4.84. The number of carbonyl (C=O) groups is 1. The minimum atomic E-state index is -0.842. The maximum absolute atomic E-state index is 10.4. The van der Waals surface area contributed by atoms with Crippen LogP contribution < -0.4 is 10.1 Å². The van der Waals surface area contributed by atoms with Gasteiger partial charge in [-0.2, -0.15) is 0 Å². The Bertz CT molecular complexity index is 393. The topological polar surface area (TPSA) is 58.6 Å². The van der Waals surface area contributed by atoms with Gasteiger partial charge in [-0.25, -0.2) is 0 Å². The highest BCUT2D eigenvalue weighted by atomic mass is 35.5. The van der Waals surface area contributed by atoms with Crippen LogP contribution in [0.25, 0.3) is 0 Å². The van der Waals surface area contributed by atoms with Crippen molar-refractivity contribution in [2.45, 2.75) is 13.3 Å². The molecule has 0 aliphatic heterocycles. The lowest BCUT2D eigenvalue weighted by atomic mass is 10.2. The summed E-state index contributed by atoms with van der Waals surface area (Å²) in [6.07, 6.45) is 0.0503. The third-order valence-electron chi connectivity index (χ3n) is 2.10. The lowest BCUT2D eigenvalue weighted by molar-refractivity contribution is -0.136. The first-order valence-corrected chi connectivity index (χ1v) is 5.22. The molecule has 0 atom stereocenters. The van der Waals surface area contributed by atoms with Gasteiger partial charge in [-0.1, -0.05) is 11.6 Å². The van der Waals surface area contributed by atoms with E-state index in [0.717, 1.165) is 5.56 Å². The summed E-state index contributed by atoms with van der Waals surface area (Å²) in [5.41, 5.74) is 1.63. The lowest BCUT2D eigenvalue weighted by Gasteiger charge is -2.13. The number of methoxy groups -OCH3 is 1. The molecule has 4 nitrogen and oxygen atoms in total. The molecule has 0 aliphatic rings. The Morgan fingerprint density at radius 1 is 1.56 bits per heavy atom. The van der Waals surface area contributed by atoms with Crippen LogP contribution in [0.1, 0.15) is 12.0 Å². The van der Waals surface area contributed by atoms with Crippen LogP contribution in [0.5, 0.6) is 5.75 Å². The van der Waals surface area contributed by atoms with Crippen molar-refractivity contribution in [3.05, 3.63) is 22.7 Å². The number of benzene rings is 1. The first-order chi connectivity index (χ1) is 7.54. The molecule has 0 bridgehead atoms. The summed E-state index contributed by atoms with van der Waals surface area (Å²) in [6, 6.07) is 3.51. The van der Waals surface area contributed by atoms with Gasteiger partial charge in [-0.05, 0) is 24.6 Å². The highest BCUT2D eigenvalue weighted by Crippen LogP contribution is 2.31. The van der Waals surface area contributed by atoms with Gasteiger partial charge in [0.2, 0.25) is 0 Å². The average Bonchev–Trinajstić information content (AvgIpc) is 2.16. The summed E-state index contributed by atoms with van der Waals surface area (Å²) < 4.78 is 5.22. The second-order valence-corrected chi connectivity index (χ2v) is 3.81. The number of hydrogen-bond acceptors (Lipinski definition) is 3. The number of carboxylic acids is 1. The number of nitrogens with one attached hydrogen (secondary N) is 1. The Balaban J connectivity index is 2.81. The van der Waals surface area contributed by atoms with Crippen LogP contribution in [0.15, 0.2) is 12.1 Å². The van der Waals surface area contributed by atoms with Gasteiger partial charge in [0.25, 0.3) is 0 Å². The van der Waals surface area contributed by atoms with Gasteiger partial charge in [-0.15, -0.1) is 0 Å². The van der Waals surface area contributed by atoms with Crippen LogP contribution in [0.4, 0.5) is 5.69 Å². The summed E-state index contributed by atoms with van der Waals surface area (Å²) in [7, 11) is 1.57. The minimum absolute atomic E-state index is 0.0503. The van der Waals surface area contributed by atoms with Gasteiger partial charge in [0.1, 0.15) is 5.75 Å². The molecule has 0 saturated heterocycles. The molecule has 0 heterocycles. The zero-order valence-electron chi connectivity index (χ0n) is 9.21. The highest BCUT2D eigenvalue weighted by Gasteiger charge is 2.08. The second kappa shape index (κ2) is 5.61. The average molecular weight is 244 g/mol. The SMILES string of the molecule is COc1c(C)cc(Cl)cc1NCCC(=O)O. The zero-order chi connectivity index (χ0) is 12.1. The Hall–Kier alpha value is -1.42. The molecule has 2 N–H and O–H groups in total. The molecule has 0 aliphatic carbocycles. The third kappa shape index (κ3) is 3.31. The van der Waals surface area contributed by atoms with Crippen molar-refractivity contribution in [2.24, 2.45) is 0 Å². The van der Waals surface area contributed by atoms with Crippen LogP contribution in [0.3, 0.4) is 0 Å². The smallest absolute Gasteiger partial charge is 0.305 e. The number of hydrogen-bond donors (Lipinski definition) is 2. The molecular weight excluding hydrogens is 230 g/mol. The van der Waals surface area contributed by atoms with Crippen LogP contribution >= 0.6 is 11.6 Å². The number of rotatable bonds is 5. The summed E-state index contributed by atoms with van der Waals surface area (Å²) in [6.45, 7) is 2.22. The number of halogens is 1. The molecule has 16 heavy (non-hydrogen) atoms. The monoisotopic (exact) mass is 243 g/mol. The van der Waals surface area contributed by atoms with Crippen molar-refractivity contribution in [3.8, 4) is 5.75 Å². The molecule has 0 radical (unpaired) electrons. The molecular formula is C11H14ClNO3. The van der Waals surface area contributed by atoms with E-state index in [1.54, 1.807) is 19.2 Å². The molecule has 1 rings (SSSR count). The molecule has 1 aromatic carbocycles. The van der Waals surface area contributed by atoms with Crippen molar-refractivity contribution in [2.75, 3.05) is 19.0 Å². The van der Waals surface area contributed by atoms with Gasteiger partial charge in [-0.3, -0.25) is 4.79 Å². The zero-order valence-corrected chi connectivity index (χ0v) is 9.97. The Kier molecular flexibility index (Phi) is 4.43. The molecule has 1 aromatic rings. The van der Waals surface area contributed by atoms with E-state index in [2.05, 4.69) is 5.32 Å². The number of carboxylic acid groups (broad SMARTS) is 1. The van der Waals surface area contributed by atoms with Gasteiger partial charge in [0.15, 0.2) is 0 Å². The molecule has 0 amide bonds. The summed E-state index contributed by atoms with van der Waals surface area (Å²) in [4.78, 5) is 10.4. The maximum Gasteiger partial charge on any atom is 0.305 e. The van der Waals surface area contributed by atoms with Crippen molar-refractivity contribution < 1.29 is 14.6 Å². The Morgan fingerprint density at radius 2 is 2.25 bits per heavy atom. The van der Waals surface area contributed by atoms with Gasteiger partial charge >= 0.3 is 5.97 Å². The highest BCUT2D eigenvalue weighted by molar-refractivity contribution is 6.31. The van der Waals surface area contributed by atoms with E-state index in [1.807, 2.05) is 6.92 Å². The van der Waals surface area contributed by atoms with Crippen LogP contribution in [0, 0.1) is 6.92 Å². The van der Waals surface area contributed by atoms with Gasteiger partial charge in [0, 0.05) is 11.6 Å². The molecule has 5 heteroatoms. The van der Waals surface area contributed by atoms with Crippen molar-refractivity contribution >= 4 is 23.3 Å². The molecule has 0 spiro atoms. The van der Waals surface area contributed by atoms with E-state index in [4.69, 9.17) is 21.4 Å². The van der Waals surface area contributed by atoms with E-state index in [1.165, 1.54) is 0 Å². The molecule has 0 saturated carbocycles. The summed E-state index contributed by atoms with van der Waals surface area (Å²) in [5.74, 6) is -0.153. The number of ether oxygens (including phenoxy) is 1. The van der Waals surface area contributed by atoms with E-state index in [-0.39, 0.29) is 6.42 Å². The Labute approximate surface area is 99.2 Å². The molecule has 88 valence electrons. The van der Waals surface area contributed by atoms with Gasteiger partial charge in [0.05, 0.1) is 19.2 Å². The van der Waals surface area contributed by atoms with Crippen molar-refractivity contribution in [1.82, 2.24) is 0 Å². The van der Waals surface area contributed by atoms with Crippen LogP contribution in [-0.4, -0.2) is 24.7 Å². The quantitative estimate of drug-likeness (QED) is 0.835. The van der Waals surface area contributed by atoms with Crippen LogP contribution in [0.2, 0.25) is 5.02 Å². The first kappa shape index (κ1) is 12.6. The molecule has 0 fully saturated rings. The van der Waals surface area contributed by atoms with Gasteiger partial charge < -0.3 is 15.2 Å². The normalized spacial score (nSPS) is 9.94.